The number of unbranched alkanes of at least 4 members (excludes halogenated alkanes) is 1. The predicted octanol–water partition coefficient (Wildman–Crippen LogP) is 4.24. The Balaban J connectivity index is 1.96. The van der Waals surface area contributed by atoms with Gasteiger partial charge in [0, 0.05) is 18.8 Å². The van der Waals surface area contributed by atoms with Crippen molar-refractivity contribution in [3.05, 3.63) is 59.7 Å². The molecule has 4 nitrogen and oxygen atoms in total. The SMILES string of the molecule is CC(=O)CCC/C=C\C[C@@H]1[C@@H](/C=C(\C)[C@@H](O)C(C)Cc2ccccc2)[C@H](O)C[C@@H]1O. The third kappa shape index (κ3) is 7.50. The Kier molecular flexibility index (Phi) is 9.96. The summed E-state index contributed by atoms with van der Waals surface area (Å²) < 4.78 is 0. The number of benzene rings is 1. The molecule has 0 spiro atoms. The van der Waals surface area contributed by atoms with E-state index in [-0.39, 0.29) is 23.5 Å². The smallest absolute Gasteiger partial charge is 0.129 e. The molecule has 0 radical (unpaired) electrons. The van der Waals surface area contributed by atoms with Crippen molar-refractivity contribution in [2.75, 3.05) is 0 Å². The van der Waals surface area contributed by atoms with E-state index in [0.29, 0.717) is 19.3 Å². The minimum absolute atomic E-state index is 0.0596. The quantitative estimate of drug-likeness (QED) is 0.374. The maximum Gasteiger partial charge on any atom is 0.129 e. The summed E-state index contributed by atoms with van der Waals surface area (Å²) in [6.45, 7) is 5.56. The van der Waals surface area contributed by atoms with Crippen molar-refractivity contribution in [2.45, 2.75) is 77.6 Å². The van der Waals surface area contributed by atoms with E-state index in [1.54, 1.807) is 6.92 Å². The van der Waals surface area contributed by atoms with E-state index < -0.39 is 18.3 Å². The number of hydrogen-bond donors (Lipinski definition) is 3. The van der Waals surface area contributed by atoms with E-state index in [9.17, 15) is 20.1 Å². The van der Waals surface area contributed by atoms with Crippen LogP contribution in [0.5, 0.6) is 0 Å². The van der Waals surface area contributed by atoms with E-state index in [4.69, 9.17) is 0 Å². The van der Waals surface area contributed by atoms with Crippen LogP contribution in [0.4, 0.5) is 0 Å². The lowest BCUT2D eigenvalue weighted by atomic mass is 9.85. The molecular weight excluding hydrogens is 376 g/mol. The highest BCUT2D eigenvalue weighted by Gasteiger charge is 2.40. The Morgan fingerprint density at radius 2 is 1.83 bits per heavy atom. The van der Waals surface area contributed by atoms with Crippen LogP contribution in [-0.4, -0.2) is 39.4 Å². The van der Waals surface area contributed by atoms with Gasteiger partial charge in [0.1, 0.15) is 5.78 Å². The first-order valence-electron chi connectivity index (χ1n) is 11.2. The molecule has 0 aromatic heterocycles. The number of aliphatic hydroxyl groups excluding tert-OH is 3. The van der Waals surface area contributed by atoms with Gasteiger partial charge in [-0.2, -0.15) is 0 Å². The fourth-order valence-corrected chi connectivity index (χ4v) is 4.46. The molecule has 1 aromatic rings. The number of carbonyl (C=O) groups excluding carboxylic acids is 1. The number of allylic oxidation sites excluding steroid dienone is 2. The van der Waals surface area contributed by atoms with E-state index in [1.807, 2.05) is 38.1 Å². The van der Waals surface area contributed by atoms with Gasteiger partial charge in [-0.15, -0.1) is 0 Å². The van der Waals surface area contributed by atoms with Crippen molar-refractivity contribution in [2.24, 2.45) is 17.8 Å². The number of rotatable bonds is 11. The van der Waals surface area contributed by atoms with Crippen LogP contribution in [0.25, 0.3) is 0 Å². The molecule has 0 saturated heterocycles. The van der Waals surface area contributed by atoms with Gasteiger partial charge in [-0.25, -0.2) is 0 Å². The first-order valence-corrected chi connectivity index (χ1v) is 11.2. The maximum atomic E-state index is 11.0. The molecule has 2 rings (SSSR count). The number of ketones is 1. The van der Waals surface area contributed by atoms with Gasteiger partial charge in [-0.1, -0.05) is 55.5 Å². The molecule has 0 heterocycles. The Labute approximate surface area is 181 Å². The van der Waals surface area contributed by atoms with Gasteiger partial charge in [0.2, 0.25) is 0 Å². The highest BCUT2D eigenvalue weighted by atomic mass is 16.3. The van der Waals surface area contributed by atoms with Gasteiger partial charge in [-0.3, -0.25) is 0 Å². The Morgan fingerprint density at radius 1 is 1.13 bits per heavy atom. The van der Waals surface area contributed by atoms with Gasteiger partial charge < -0.3 is 20.1 Å². The summed E-state index contributed by atoms with van der Waals surface area (Å²) in [6, 6.07) is 10.1. The number of Topliss-reactive ketones (excluding diaryl/α,β-unsaturated/α-hetero) is 1. The van der Waals surface area contributed by atoms with Gasteiger partial charge in [0.15, 0.2) is 0 Å². The lowest BCUT2D eigenvalue weighted by molar-refractivity contribution is -0.117. The van der Waals surface area contributed by atoms with Crippen LogP contribution in [0.1, 0.15) is 58.4 Å². The minimum Gasteiger partial charge on any atom is -0.393 e. The zero-order valence-electron chi connectivity index (χ0n) is 18.6. The summed E-state index contributed by atoms with van der Waals surface area (Å²) >= 11 is 0. The fraction of sp³-hybridized carbons (Fsp3) is 0.577. The van der Waals surface area contributed by atoms with Crippen molar-refractivity contribution in [1.82, 2.24) is 0 Å². The molecule has 1 aliphatic rings. The topological polar surface area (TPSA) is 77.8 Å². The van der Waals surface area contributed by atoms with Crippen LogP contribution in [0.3, 0.4) is 0 Å². The summed E-state index contributed by atoms with van der Waals surface area (Å²) in [4.78, 5) is 11.0. The maximum absolute atomic E-state index is 11.0. The van der Waals surface area contributed by atoms with Crippen LogP contribution in [0.15, 0.2) is 54.1 Å². The molecule has 1 aromatic carbocycles. The average molecular weight is 415 g/mol. The largest absolute Gasteiger partial charge is 0.393 e. The third-order valence-electron chi connectivity index (χ3n) is 6.25. The highest BCUT2D eigenvalue weighted by molar-refractivity contribution is 5.75. The minimum atomic E-state index is -0.595. The van der Waals surface area contributed by atoms with E-state index >= 15 is 0 Å². The molecule has 1 fully saturated rings. The van der Waals surface area contributed by atoms with Crippen LogP contribution >= 0.6 is 0 Å². The molecule has 1 unspecified atom stereocenters. The molecule has 4 heteroatoms. The molecule has 0 aliphatic heterocycles. The van der Waals surface area contributed by atoms with E-state index in [0.717, 1.165) is 24.8 Å². The standard InChI is InChI=1S/C26H38O4/c1-18(15-21-12-8-6-9-13-21)26(30)19(2)16-23-22(24(28)17-25(23)29)14-10-5-4-7-11-20(3)27/h5-6,8-10,12-13,16,18,22-26,28-30H,4,7,11,14-15,17H2,1-3H3/b10-5-,19-16+/t18?,22-,23-,24+,25-,26+/m1/s1. The molecular formula is C26H38O4. The number of carbonyl (C=O) groups is 1. The molecule has 166 valence electrons. The van der Waals surface area contributed by atoms with Crippen LogP contribution in [-0.2, 0) is 11.2 Å². The predicted molar refractivity (Wildman–Crippen MR) is 121 cm³/mol. The number of hydrogen-bond acceptors (Lipinski definition) is 4. The second-order valence-corrected chi connectivity index (χ2v) is 8.94. The van der Waals surface area contributed by atoms with E-state index in [1.165, 1.54) is 5.56 Å². The fourth-order valence-electron chi connectivity index (χ4n) is 4.46. The van der Waals surface area contributed by atoms with Crippen LogP contribution in [0.2, 0.25) is 0 Å². The number of aliphatic hydroxyl groups is 3. The van der Waals surface area contributed by atoms with Crippen molar-refractivity contribution in [3.8, 4) is 0 Å². The van der Waals surface area contributed by atoms with Gasteiger partial charge in [0.25, 0.3) is 0 Å². The van der Waals surface area contributed by atoms with Crippen molar-refractivity contribution in [1.29, 1.82) is 0 Å². The lowest BCUT2D eigenvalue weighted by Gasteiger charge is -2.24. The van der Waals surface area contributed by atoms with Crippen molar-refractivity contribution in [3.63, 3.8) is 0 Å². The highest BCUT2D eigenvalue weighted by Crippen LogP contribution is 2.37. The van der Waals surface area contributed by atoms with E-state index in [2.05, 4.69) is 24.3 Å². The molecule has 30 heavy (non-hydrogen) atoms. The molecule has 1 aliphatic carbocycles. The summed E-state index contributed by atoms with van der Waals surface area (Å²) in [5.74, 6) is 0.0429. The second-order valence-electron chi connectivity index (χ2n) is 8.94. The third-order valence-corrected chi connectivity index (χ3v) is 6.25. The van der Waals surface area contributed by atoms with Gasteiger partial charge >= 0.3 is 0 Å². The van der Waals surface area contributed by atoms with Crippen LogP contribution < -0.4 is 0 Å². The first kappa shape index (κ1) is 24.5. The molecule has 3 N–H and O–H groups in total. The van der Waals surface area contributed by atoms with Crippen molar-refractivity contribution < 1.29 is 20.1 Å². The molecule has 0 amide bonds. The van der Waals surface area contributed by atoms with Gasteiger partial charge in [0.05, 0.1) is 18.3 Å². The summed E-state index contributed by atoms with van der Waals surface area (Å²) in [6.07, 6.45) is 8.48. The van der Waals surface area contributed by atoms with Crippen molar-refractivity contribution >= 4 is 5.78 Å². The average Bonchev–Trinajstić information content (AvgIpc) is 2.97. The zero-order valence-corrected chi connectivity index (χ0v) is 18.6. The first-order chi connectivity index (χ1) is 14.3. The monoisotopic (exact) mass is 414 g/mol. The van der Waals surface area contributed by atoms with Gasteiger partial charge in [-0.05, 0) is 62.5 Å². The molecule has 6 atom stereocenters. The zero-order chi connectivity index (χ0) is 22.1. The second kappa shape index (κ2) is 12.2. The Morgan fingerprint density at radius 3 is 2.50 bits per heavy atom. The Hall–Kier alpha value is -1.75. The summed E-state index contributed by atoms with van der Waals surface area (Å²) in [7, 11) is 0. The lowest BCUT2D eigenvalue weighted by Crippen LogP contribution is -2.25. The molecule has 0 bridgehead atoms. The summed E-state index contributed by atoms with van der Waals surface area (Å²) in [5.41, 5.74) is 2.05. The molecule has 1 saturated carbocycles. The van der Waals surface area contributed by atoms with Crippen LogP contribution in [0, 0.1) is 17.8 Å². The normalized spacial score (nSPS) is 26.8. The Bertz CT molecular complexity index is 709. The summed E-state index contributed by atoms with van der Waals surface area (Å²) in [5, 5.41) is 31.7.